The van der Waals surface area contributed by atoms with Crippen LogP contribution < -0.4 is 0 Å². The molecule has 1 saturated heterocycles. The topological polar surface area (TPSA) is 0 Å². The average Bonchev–Trinajstić information content (AvgIpc) is 2.32. The van der Waals surface area contributed by atoms with Crippen LogP contribution in [-0.2, 0) is 18.3 Å². The maximum Gasteiger partial charge on any atom is -0.107 e. The van der Waals surface area contributed by atoms with Gasteiger partial charge in [0.05, 0.1) is 0 Å². The molecule has 1 atom stereocenters. The van der Waals surface area contributed by atoms with E-state index in [9.17, 15) is 0 Å². The fourth-order valence-corrected chi connectivity index (χ4v) is 12.4. The van der Waals surface area contributed by atoms with Crippen molar-refractivity contribution in [2.45, 2.75) is 49.0 Å². The van der Waals surface area contributed by atoms with Crippen LogP contribution in [0.25, 0.3) is 0 Å². The number of halogens is 1. The van der Waals surface area contributed by atoms with E-state index < -0.39 is 8.07 Å². The van der Waals surface area contributed by atoms with Crippen LogP contribution in [0.5, 0.6) is 0 Å². The number of hydrogen-bond donors (Lipinski definition) is 0. The smallest absolute Gasteiger partial charge is 0.107 e. The Morgan fingerprint density at radius 1 is 1.36 bits per heavy atom. The summed E-state index contributed by atoms with van der Waals surface area (Å²) in [6.45, 7) is 4.87. The third-order valence-corrected chi connectivity index (χ3v) is 16.0. The van der Waals surface area contributed by atoms with Gasteiger partial charge in [-0.3, -0.25) is 0 Å². The van der Waals surface area contributed by atoms with Gasteiger partial charge in [0.2, 0.25) is 0 Å². The van der Waals surface area contributed by atoms with Crippen LogP contribution in [0, 0.1) is 0 Å². The summed E-state index contributed by atoms with van der Waals surface area (Å²) in [5, 5.41) is 0. The van der Waals surface area contributed by atoms with Crippen molar-refractivity contribution >= 4 is 32.1 Å². The van der Waals surface area contributed by atoms with Crippen LogP contribution >= 0.6 is 24.0 Å². The zero-order valence-corrected chi connectivity index (χ0v) is 14.0. The van der Waals surface area contributed by atoms with Crippen LogP contribution in [0.15, 0.2) is 0 Å². The predicted molar refractivity (Wildman–Crippen MR) is 59.9 cm³/mol. The summed E-state index contributed by atoms with van der Waals surface area (Å²) >= 11 is 1.59. The Morgan fingerprint density at radius 2 is 1.91 bits per heavy atom. The van der Waals surface area contributed by atoms with E-state index in [1.165, 1.54) is 4.14 Å². The normalized spacial score (nSPS) is 28.2. The fraction of sp³-hybridized carbons (Fsp3) is 1.00. The first-order chi connectivity index (χ1) is 4.75. The molecule has 63 valence electrons. The van der Waals surface area contributed by atoms with E-state index in [2.05, 4.69) is 13.8 Å². The van der Waals surface area contributed by atoms with E-state index in [4.69, 9.17) is 0 Å². The maximum absolute atomic E-state index is 2.43. The summed E-state index contributed by atoms with van der Waals surface area (Å²) in [5.74, 6) is 0. The van der Waals surface area contributed by atoms with Gasteiger partial charge in [-0.15, -0.1) is 24.0 Å². The van der Waals surface area contributed by atoms with Crippen molar-refractivity contribution in [1.29, 1.82) is 0 Å². The molecule has 0 radical (unpaired) electrons. The van der Waals surface area contributed by atoms with Gasteiger partial charge < -0.3 is 0 Å². The minimum Gasteiger partial charge on any atom is -0.107 e. The van der Waals surface area contributed by atoms with Crippen molar-refractivity contribution in [1.82, 2.24) is 0 Å². The Morgan fingerprint density at radius 3 is 2.09 bits per heavy atom. The van der Waals surface area contributed by atoms with E-state index in [0.29, 0.717) is 0 Å². The Bertz CT molecular complexity index is 115. The molecule has 0 N–H and O–H groups in total. The quantitative estimate of drug-likeness (QED) is 0.533. The third-order valence-electron chi connectivity index (χ3n) is 3.50. The predicted octanol–water partition coefficient (Wildman–Crippen LogP) is 3.76. The molecule has 0 aromatic rings. The van der Waals surface area contributed by atoms with E-state index in [1.54, 1.807) is 49.3 Å². The molecular weight excluding hydrogens is 316 g/mol. The maximum atomic E-state index is 2.43. The summed E-state index contributed by atoms with van der Waals surface area (Å²) in [5.41, 5.74) is 0. The molecule has 0 amide bonds. The largest absolute Gasteiger partial charge is 0.107 e. The summed E-state index contributed by atoms with van der Waals surface area (Å²) < 4.78 is 1.25. The summed E-state index contributed by atoms with van der Waals surface area (Å²) in [4.78, 5) is 0. The molecule has 0 aromatic heterocycles. The van der Waals surface area contributed by atoms with Gasteiger partial charge in [-0.2, -0.15) is 0 Å². The minimum atomic E-state index is -0.628. The molecule has 0 aromatic carbocycles. The van der Waals surface area contributed by atoms with Crippen LogP contribution in [0.2, 0.25) is 22.3 Å². The molecular formula is C8H18ISiZn. The van der Waals surface area contributed by atoms with E-state index in [1.807, 2.05) is 0 Å². The van der Waals surface area contributed by atoms with Gasteiger partial charge in [-0.05, 0) is 0 Å². The van der Waals surface area contributed by atoms with Crippen molar-refractivity contribution in [3.8, 4) is 0 Å². The zero-order chi connectivity index (χ0) is 7.61. The van der Waals surface area contributed by atoms with Gasteiger partial charge in [0, 0.05) is 0 Å². The SMILES string of the molecule is CC[Si]1(CC)CCC[CH]1[Zn].I. The van der Waals surface area contributed by atoms with Gasteiger partial charge in [0.15, 0.2) is 0 Å². The van der Waals surface area contributed by atoms with E-state index in [0.717, 1.165) is 0 Å². The number of rotatable bonds is 2. The fourth-order valence-electron chi connectivity index (χ4n) is 2.39. The van der Waals surface area contributed by atoms with Crippen molar-refractivity contribution in [2.75, 3.05) is 0 Å². The molecule has 11 heavy (non-hydrogen) atoms. The van der Waals surface area contributed by atoms with Crippen molar-refractivity contribution in [3.05, 3.63) is 0 Å². The van der Waals surface area contributed by atoms with Gasteiger partial charge in [-0.1, -0.05) is 0 Å². The van der Waals surface area contributed by atoms with Gasteiger partial charge in [-0.25, -0.2) is 0 Å². The Hall–Kier alpha value is 1.57. The minimum absolute atomic E-state index is 0. The standard InChI is InChI=1S/C8H17Si.HI.Zn/c1-3-9(4-2)7-5-6-8-9;;/h7H,3-6,8H2,1-2H3;1H;. The third kappa shape index (κ3) is 2.50. The average molecular weight is 335 g/mol. The first-order valence-electron chi connectivity index (χ1n) is 4.58. The van der Waals surface area contributed by atoms with Gasteiger partial charge in [0.25, 0.3) is 0 Å². The molecule has 1 unspecified atom stereocenters. The molecule has 1 fully saturated rings. The van der Waals surface area contributed by atoms with Crippen LogP contribution in [0.1, 0.15) is 26.7 Å². The van der Waals surface area contributed by atoms with Crippen molar-refractivity contribution in [2.24, 2.45) is 0 Å². The Balaban J connectivity index is 0.000001000. The van der Waals surface area contributed by atoms with Crippen molar-refractivity contribution < 1.29 is 18.3 Å². The molecule has 0 aliphatic carbocycles. The second-order valence-electron chi connectivity index (χ2n) is 3.66. The molecule has 0 bridgehead atoms. The van der Waals surface area contributed by atoms with Crippen molar-refractivity contribution in [3.63, 3.8) is 0 Å². The van der Waals surface area contributed by atoms with Crippen LogP contribution in [0.4, 0.5) is 0 Å². The molecule has 1 rings (SSSR count). The summed E-state index contributed by atoms with van der Waals surface area (Å²) in [6, 6.07) is 4.78. The summed E-state index contributed by atoms with van der Waals surface area (Å²) in [6.07, 6.45) is 3.16. The second kappa shape index (κ2) is 5.33. The van der Waals surface area contributed by atoms with E-state index in [-0.39, 0.29) is 24.0 Å². The molecule has 0 saturated carbocycles. The number of hydrogen-bond acceptors (Lipinski definition) is 0. The molecule has 0 nitrogen and oxygen atoms in total. The van der Waals surface area contributed by atoms with Gasteiger partial charge in [0.1, 0.15) is 0 Å². The van der Waals surface area contributed by atoms with Crippen LogP contribution in [-0.4, -0.2) is 8.07 Å². The molecule has 1 heterocycles. The van der Waals surface area contributed by atoms with Crippen LogP contribution in [0.3, 0.4) is 0 Å². The first kappa shape index (κ1) is 12.6. The van der Waals surface area contributed by atoms with Gasteiger partial charge >= 0.3 is 75.3 Å². The first-order valence-corrected chi connectivity index (χ1v) is 8.99. The second-order valence-corrected chi connectivity index (χ2v) is 12.9. The molecule has 0 spiro atoms. The van der Waals surface area contributed by atoms with E-state index >= 15 is 0 Å². The Kier molecular flexibility index (Phi) is 6.09. The summed E-state index contributed by atoms with van der Waals surface area (Å²) in [7, 11) is -0.628. The zero-order valence-electron chi connectivity index (χ0n) is 7.73. The Labute approximate surface area is 98.6 Å². The molecule has 3 heteroatoms. The molecule has 1 aliphatic rings. The molecule has 1 aliphatic heterocycles. The monoisotopic (exact) mass is 333 g/mol.